The van der Waals surface area contributed by atoms with E-state index in [0.29, 0.717) is 19.0 Å². The minimum absolute atomic E-state index is 0.00114. The average Bonchev–Trinajstić information content (AvgIpc) is 2.37. The van der Waals surface area contributed by atoms with Gasteiger partial charge in [-0.2, -0.15) is 0 Å². The Morgan fingerprint density at radius 1 is 1.50 bits per heavy atom. The Kier molecular flexibility index (Phi) is 4.65. The molecular weight excluding hydrogens is 252 g/mol. The molecule has 3 N–H and O–H groups in total. The molecular formula is C16H24N2O2. The van der Waals surface area contributed by atoms with Crippen LogP contribution >= 0.6 is 0 Å². The summed E-state index contributed by atoms with van der Waals surface area (Å²) in [5, 5.41) is 15.9. The molecule has 1 aromatic rings. The van der Waals surface area contributed by atoms with E-state index in [1.165, 1.54) is 12.8 Å². The van der Waals surface area contributed by atoms with Crippen molar-refractivity contribution in [1.29, 1.82) is 0 Å². The second-order valence-electron chi connectivity index (χ2n) is 6.25. The quantitative estimate of drug-likeness (QED) is 0.786. The van der Waals surface area contributed by atoms with Crippen molar-refractivity contribution in [3.63, 3.8) is 0 Å². The lowest BCUT2D eigenvalue weighted by Crippen LogP contribution is -2.52. The summed E-state index contributed by atoms with van der Waals surface area (Å²) in [6.07, 6.45) is 2.69. The zero-order chi connectivity index (χ0) is 14.6. The number of benzene rings is 1. The van der Waals surface area contributed by atoms with Crippen LogP contribution < -0.4 is 10.6 Å². The molecule has 1 aliphatic heterocycles. The van der Waals surface area contributed by atoms with E-state index in [-0.39, 0.29) is 17.1 Å². The summed E-state index contributed by atoms with van der Waals surface area (Å²) in [6, 6.07) is 7.16. The number of phenolic OH excluding ortho intramolecular Hbond substituents is 1. The average molecular weight is 276 g/mol. The first-order chi connectivity index (χ1) is 9.47. The third kappa shape index (κ3) is 3.97. The molecule has 0 spiro atoms. The van der Waals surface area contributed by atoms with Crippen LogP contribution in [0.2, 0.25) is 0 Å². The normalized spacial score (nSPS) is 21.4. The standard InChI is InChI=1S/C16H24N2O2/c1-16(2)7-4-8-17-14(16)11-18-15(20)10-12-5-3-6-13(19)9-12/h3,5-6,9,14,17,19H,4,7-8,10-11H2,1-2H3,(H,18,20). The molecule has 0 aliphatic carbocycles. The van der Waals surface area contributed by atoms with E-state index in [4.69, 9.17) is 0 Å². The number of amides is 1. The molecule has 0 aromatic heterocycles. The molecule has 4 nitrogen and oxygen atoms in total. The van der Waals surface area contributed by atoms with Gasteiger partial charge in [-0.3, -0.25) is 4.79 Å². The molecule has 110 valence electrons. The molecule has 4 heteroatoms. The van der Waals surface area contributed by atoms with Crippen LogP contribution in [0.3, 0.4) is 0 Å². The summed E-state index contributed by atoms with van der Waals surface area (Å²) >= 11 is 0. The summed E-state index contributed by atoms with van der Waals surface area (Å²) in [7, 11) is 0. The minimum Gasteiger partial charge on any atom is -0.508 e. The first-order valence-electron chi connectivity index (χ1n) is 7.25. The molecule has 1 saturated heterocycles. The third-order valence-electron chi connectivity index (χ3n) is 4.11. The largest absolute Gasteiger partial charge is 0.508 e. The van der Waals surface area contributed by atoms with Gasteiger partial charge >= 0.3 is 0 Å². The monoisotopic (exact) mass is 276 g/mol. The number of carbonyl (C=O) groups is 1. The van der Waals surface area contributed by atoms with Crippen molar-refractivity contribution in [2.24, 2.45) is 5.41 Å². The topological polar surface area (TPSA) is 61.4 Å². The van der Waals surface area contributed by atoms with Crippen molar-refractivity contribution in [3.8, 4) is 5.75 Å². The summed E-state index contributed by atoms with van der Waals surface area (Å²) in [5.74, 6) is 0.198. The Hall–Kier alpha value is -1.55. The second kappa shape index (κ2) is 6.27. The molecule has 0 bridgehead atoms. The molecule has 1 fully saturated rings. The van der Waals surface area contributed by atoms with Crippen LogP contribution in [0.1, 0.15) is 32.3 Å². The van der Waals surface area contributed by atoms with Gasteiger partial charge in [0.05, 0.1) is 6.42 Å². The lowest BCUT2D eigenvalue weighted by atomic mass is 9.77. The lowest BCUT2D eigenvalue weighted by Gasteiger charge is -2.39. The molecule has 1 heterocycles. The van der Waals surface area contributed by atoms with Crippen LogP contribution in [-0.2, 0) is 11.2 Å². The van der Waals surface area contributed by atoms with Crippen molar-refractivity contribution >= 4 is 5.91 Å². The smallest absolute Gasteiger partial charge is 0.224 e. The van der Waals surface area contributed by atoms with Gasteiger partial charge in [-0.05, 0) is 42.5 Å². The maximum Gasteiger partial charge on any atom is 0.224 e. The van der Waals surface area contributed by atoms with E-state index in [1.807, 2.05) is 6.07 Å². The zero-order valence-electron chi connectivity index (χ0n) is 12.3. The van der Waals surface area contributed by atoms with Gasteiger partial charge in [0.1, 0.15) is 5.75 Å². The molecule has 20 heavy (non-hydrogen) atoms. The van der Waals surface area contributed by atoms with E-state index in [9.17, 15) is 9.90 Å². The molecule has 0 radical (unpaired) electrons. The lowest BCUT2D eigenvalue weighted by molar-refractivity contribution is -0.120. The molecule has 1 aromatic carbocycles. The SMILES string of the molecule is CC1(C)CCCNC1CNC(=O)Cc1cccc(O)c1. The van der Waals surface area contributed by atoms with Gasteiger partial charge < -0.3 is 15.7 Å². The number of aromatic hydroxyl groups is 1. The fraction of sp³-hybridized carbons (Fsp3) is 0.562. The number of hydrogen-bond acceptors (Lipinski definition) is 3. The van der Waals surface area contributed by atoms with E-state index in [1.54, 1.807) is 18.2 Å². The van der Waals surface area contributed by atoms with Gasteiger partial charge in [0, 0.05) is 12.6 Å². The first-order valence-corrected chi connectivity index (χ1v) is 7.25. The van der Waals surface area contributed by atoms with Crippen molar-refractivity contribution < 1.29 is 9.90 Å². The zero-order valence-corrected chi connectivity index (χ0v) is 12.3. The van der Waals surface area contributed by atoms with Gasteiger partial charge in [-0.15, -0.1) is 0 Å². The van der Waals surface area contributed by atoms with Crippen LogP contribution in [-0.4, -0.2) is 30.1 Å². The number of nitrogens with one attached hydrogen (secondary N) is 2. The van der Waals surface area contributed by atoms with Crippen molar-refractivity contribution in [3.05, 3.63) is 29.8 Å². The Morgan fingerprint density at radius 2 is 2.30 bits per heavy atom. The predicted octanol–water partition coefficient (Wildman–Crippen LogP) is 1.83. The highest BCUT2D eigenvalue weighted by atomic mass is 16.3. The maximum atomic E-state index is 12.0. The second-order valence-corrected chi connectivity index (χ2v) is 6.25. The third-order valence-corrected chi connectivity index (χ3v) is 4.11. The van der Waals surface area contributed by atoms with Crippen molar-refractivity contribution in [2.45, 2.75) is 39.2 Å². The van der Waals surface area contributed by atoms with Gasteiger partial charge in [0.15, 0.2) is 0 Å². The fourth-order valence-corrected chi connectivity index (χ4v) is 2.75. The first kappa shape index (κ1) is 14.9. The van der Waals surface area contributed by atoms with E-state index < -0.39 is 0 Å². The Balaban J connectivity index is 1.83. The van der Waals surface area contributed by atoms with Crippen molar-refractivity contribution in [2.75, 3.05) is 13.1 Å². The highest BCUT2D eigenvalue weighted by Gasteiger charge is 2.31. The number of phenols is 1. The molecule has 1 aliphatic rings. The van der Waals surface area contributed by atoms with Crippen LogP contribution in [0.15, 0.2) is 24.3 Å². The Labute approximate surface area is 120 Å². The number of piperidine rings is 1. The fourth-order valence-electron chi connectivity index (χ4n) is 2.75. The molecule has 2 rings (SSSR count). The summed E-state index contributed by atoms with van der Waals surface area (Å²) in [5.41, 5.74) is 1.05. The van der Waals surface area contributed by atoms with Gasteiger partial charge in [-0.1, -0.05) is 26.0 Å². The Bertz CT molecular complexity index is 471. The summed E-state index contributed by atoms with van der Waals surface area (Å²) in [6.45, 7) is 6.16. The number of rotatable bonds is 4. The van der Waals surface area contributed by atoms with E-state index in [0.717, 1.165) is 12.1 Å². The maximum absolute atomic E-state index is 12.0. The number of carbonyl (C=O) groups excluding carboxylic acids is 1. The van der Waals surface area contributed by atoms with E-state index in [2.05, 4.69) is 24.5 Å². The van der Waals surface area contributed by atoms with Crippen LogP contribution in [0, 0.1) is 5.41 Å². The van der Waals surface area contributed by atoms with Gasteiger partial charge in [0.2, 0.25) is 5.91 Å². The molecule has 1 amide bonds. The molecule has 1 unspecified atom stereocenters. The van der Waals surface area contributed by atoms with Crippen LogP contribution in [0.25, 0.3) is 0 Å². The minimum atomic E-state index is -0.00114. The number of hydrogen-bond donors (Lipinski definition) is 3. The summed E-state index contributed by atoms with van der Waals surface area (Å²) in [4.78, 5) is 12.0. The van der Waals surface area contributed by atoms with E-state index >= 15 is 0 Å². The predicted molar refractivity (Wildman–Crippen MR) is 79.6 cm³/mol. The molecule has 0 saturated carbocycles. The highest BCUT2D eigenvalue weighted by Crippen LogP contribution is 2.29. The van der Waals surface area contributed by atoms with Crippen molar-refractivity contribution in [1.82, 2.24) is 10.6 Å². The highest BCUT2D eigenvalue weighted by molar-refractivity contribution is 5.78. The van der Waals surface area contributed by atoms with Gasteiger partial charge in [-0.25, -0.2) is 0 Å². The van der Waals surface area contributed by atoms with Crippen LogP contribution in [0.5, 0.6) is 5.75 Å². The van der Waals surface area contributed by atoms with Crippen LogP contribution in [0.4, 0.5) is 0 Å². The Morgan fingerprint density at radius 3 is 3.00 bits per heavy atom. The molecule has 1 atom stereocenters. The van der Waals surface area contributed by atoms with Gasteiger partial charge in [0.25, 0.3) is 0 Å². The summed E-state index contributed by atoms with van der Waals surface area (Å²) < 4.78 is 0.